The fraction of sp³-hybridized carbons (Fsp3) is 0.500. The third-order valence-electron chi connectivity index (χ3n) is 3.96. The summed E-state index contributed by atoms with van der Waals surface area (Å²) in [5, 5.41) is 10.3. The minimum Gasteiger partial charge on any atom is -0.396 e. The number of aliphatic hydroxyl groups excluding tert-OH is 1. The lowest BCUT2D eigenvalue weighted by Crippen LogP contribution is -2.34. The average Bonchev–Trinajstić information content (AvgIpc) is 2.87. The van der Waals surface area contributed by atoms with Gasteiger partial charge >= 0.3 is 0 Å². The van der Waals surface area contributed by atoms with Crippen LogP contribution in [0, 0.1) is 0 Å². The van der Waals surface area contributed by atoms with E-state index in [1.165, 1.54) is 5.56 Å². The minimum absolute atomic E-state index is 0.00208. The molecule has 1 aromatic rings. The van der Waals surface area contributed by atoms with E-state index in [-0.39, 0.29) is 30.1 Å². The molecular weight excluding hydrogens is 340 g/mol. The number of amides is 3. The number of carbonyl (C=O) groups excluding carboxylic acids is 3. The SMILES string of the molecule is CCCCc1ccc(N2C(=O)SC(CC(=O)NCCCO)C2=O)cc1. The Balaban J connectivity index is 1.97. The van der Waals surface area contributed by atoms with E-state index in [0.717, 1.165) is 35.9 Å². The monoisotopic (exact) mass is 364 g/mol. The number of aryl methyl sites for hydroxylation is 1. The number of hydrogen-bond acceptors (Lipinski definition) is 5. The normalized spacial score (nSPS) is 17.2. The van der Waals surface area contributed by atoms with Crippen molar-refractivity contribution < 1.29 is 19.5 Å². The molecule has 1 aromatic carbocycles. The van der Waals surface area contributed by atoms with Crippen LogP contribution in [0.5, 0.6) is 0 Å². The number of aliphatic hydroxyl groups is 1. The molecule has 0 saturated carbocycles. The second-order valence-electron chi connectivity index (χ2n) is 5.95. The van der Waals surface area contributed by atoms with Crippen LogP contribution < -0.4 is 10.2 Å². The maximum Gasteiger partial charge on any atom is 0.293 e. The summed E-state index contributed by atoms with van der Waals surface area (Å²) < 4.78 is 0. The highest BCUT2D eigenvalue weighted by molar-refractivity contribution is 8.15. The van der Waals surface area contributed by atoms with Crippen LogP contribution in [0.2, 0.25) is 0 Å². The Labute approximate surface area is 152 Å². The van der Waals surface area contributed by atoms with Crippen LogP contribution >= 0.6 is 11.8 Å². The molecule has 0 bridgehead atoms. The lowest BCUT2D eigenvalue weighted by Gasteiger charge is -2.14. The smallest absolute Gasteiger partial charge is 0.293 e. The zero-order valence-corrected chi connectivity index (χ0v) is 15.2. The molecule has 1 fully saturated rings. The Kier molecular flexibility index (Phi) is 7.46. The summed E-state index contributed by atoms with van der Waals surface area (Å²) in [7, 11) is 0. The number of nitrogens with zero attached hydrogens (tertiary/aromatic N) is 1. The van der Waals surface area contributed by atoms with Crippen molar-refractivity contribution in [2.45, 2.75) is 44.3 Å². The molecule has 2 N–H and O–H groups in total. The predicted octanol–water partition coefficient (Wildman–Crippen LogP) is 2.49. The third-order valence-corrected chi connectivity index (χ3v) is 5.00. The first-order chi connectivity index (χ1) is 12.1. The lowest BCUT2D eigenvalue weighted by molar-refractivity contribution is -0.124. The third kappa shape index (κ3) is 5.31. The van der Waals surface area contributed by atoms with Gasteiger partial charge in [-0.15, -0.1) is 0 Å². The zero-order valence-electron chi connectivity index (χ0n) is 14.4. The predicted molar refractivity (Wildman–Crippen MR) is 98.6 cm³/mol. The maximum atomic E-state index is 12.5. The molecule has 3 amide bonds. The fourth-order valence-electron chi connectivity index (χ4n) is 2.56. The van der Waals surface area contributed by atoms with Crippen LogP contribution in [0.4, 0.5) is 10.5 Å². The van der Waals surface area contributed by atoms with Crippen LogP contribution in [0.1, 0.15) is 38.2 Å². The molecule has 1 aliphatic heterocycles. The van der Waals surface area contributed by atoms with Crippen LogP contribution in [0.25, 0.3) is 0 Å². The van der Waals surface area contributed by atoms with Crippen LogP contribution in [-0.4, -0.2) is 40.6 Å². The molecule has 25 heavy (non-hydrogen) atoms. The topological polar surface area (TPSA) is 86.7 Å². The molecule has 1 unspecified atom stereocenters. The molecule has 1 atom stereocenters. The van der Waals surface area contributed by atoms with Gasteiger partial charge in [-0.3, -0.25) is 14.4 Å². The molecule has 0 spiro atoms. The molecule has 7 heteroatoms. The number of imide groups is 1. The maximum absolute atomic E-state index is 12.5. The molecule has 1 saturated heterocycles. The van der Waals surface area contributed by atoms with E-state index in [9.17, 15) is 14.4 Å². The van der Waals surface area contributed by atoms with Gasteiger partial charge in [0.1, 0.15) is 5.25 Å². The van der Waals surface area contributed by atoms with E-state index in [2.05, 4.69) is 12.2 Å². The van der Waals surface area contributed by atoms with Gasteiger partial charge in [-0.05, 0) is 48.7 Å². The number of benzene rings is 1. The molecule has 0 aliphatic carbocycles. The summed E-state index contributed by atoms with van der Waals surface area (Å²) >= 11 is 0.889. The highest BCUT2D eigenvalue weighted by Crippen LogP contribution is 2.33. The molecular formula is C18H24N2O4S. The van der Waals surface area contributed by atoms with Crippen LogP contribution in [-0.2, 0) is 16.0 Å². The zero-order chi connectivity index (χ0) is 18.2. The van der Waals surface area contributed by atoms with Crippen molar-refractivity contribution in [2.24, 2.45) is 0 Å². The van der Waals surface area contributed by atoms with Gasteiger partial charge in [0.15, 0.2) is 0 Å². The van der Waals surface area contributed by atoms with E-state index in [0.29, 0.717) is 18.7 Å². The summed E-state index contributed by atoms with van der Waals surface area (Å²) in [5.74, 6) is -0.641. The Morgan fingerprint density at radius 2 is 1.96 bits per heavy atom. The summed E-state index contributed by atoms with van der Waals surface area (Å²) in [5.41, 5.74) is 1.73. The molecule has 0 radical (unpaired) electrons. The van der Waals surface area contributed by atoms with E-state index < -0.39 is 5.25 Å². The van der Waals surface area contributed by atoms with Crippen molar-refractivity contribution in [3.63, 3.8) is 0 Å². The lowest BCUT2D eigenvalue weighted by atomic mass is 10.1. The van der Waals surface area contributed by atoms with Crippen molar-refractivity contribution in [3.05, 3.63) is 29.8 Å². The summed E-state index contributed by atoms with van der Waals surface area (Å²) in [6.07, 6.45) is 3.62. The van der Waals surface area contributed by atoms with Gasteiger partial charge in [-0.25, -0.2) is 4.90 Å². The second-order valence-corrected chi connectivity index (χ2v) is 7.10. The highest BCUT2D eigenvalue weighted by atomic mass is 32.2. The minimum atomic E-state index is -0.693. The molecule has 136 valence electrons. The number of rotatable bonds is 9. The van der Waals surface area contributed by atoms with Crippen molar-refractivity contribution in [1.29, 1.82) is 0 Å². The van der Waals surface area contributed by atoms with E-state index in [4.69, 9.17) is 5.11 Å². The van der Waals surface area contributed by atoms with E-state index in [1.54, 1.807) is 12.1 Å². The number of carbonyl (C=O) groups is 3. The Hall–Kier alpha value is -1.86. The summed E-state index contributed by atoms with van der Waals surface area (Å²) in [6, 6.07) is 7.44. The van der Waals surface area contributed by atoms with Crippen molar-refractivity contribution >= 4 is 34.5 Å². The van der Waals surface area contributed by atoms with Crippen molar-refractivity contribution in [3.8, 4) is 0 Å². The number of hydrogen-bond donors (Lipinski definition) is 2. The summed E-state index contributed by atoms with van der Waals surface area (Å²) in [4.78, 5) is 37.7. The van der Waals surface area contributed by atoms with Crippen LogP contribution in [0.15, 0.2) is 24.3 Å². The number of nitrogens with one attached hydrogen (secondary N) is 1. The molecule has 0 aromatic heterocycles. The molecule has 6 nitrogen and oxygen atoms in total. The molecule has 1 aliphatic rings. The first-order valence-electron chi connectivity index (χ1n) is 8.58. The number of thioether (sulfide) groups is 1. The van der Waals surface area contributed by atoms with Crippen LogP contribution in [0.3, 0.4) is 0 Å². The van der Waals surface area contributed by atoms with Gasteiger partial charge in [0, 0.05) is 19.6 Å². The highest BCUT2D eigenvalue weighted by Gasteiger charge is 2.41. The van der Waals surface area contributed by atoms with Gasteiger partial charge < -0.3 is 10.4 Å². The van der Waals surface area contributed by atoms with Gasteiger partial charge in [0.05, 0.1) is 5.69 Å². The Morgan fingerprint density at radius 1 is 1.24 bits per heavy atom. The fourth-order valence-corrected chi connectivity index (χ4v) is 3.55. The number of anilines is 1. The van der Waals surface area contributed by atoms with Crippen molar-refractivity contribution in [2.75, 3.05) is 18.1 Å². The number of unbranched alkanes of at least 4 members (excludes halogenated alkanes) is 1. The first kappa shape index (κ1) is 19.5. The van der Waals surface area contributed by atoms with Gasteiger partial charge in [-0.2, -0.15) is 0 Å². The van der Waals surface area contributed by atoms with Gasteiger partial charge in [0.25, 0.3) is 5.24 Å². The van der Waals surface area contributed by atoms with E-state index >= 15 is 0 Å². The van der Waals surface area contributed by atoms with E-state index in [1.807, 2.05) is 12.1 Å². The quantitative estimate of drug-likeness (QED) is 0.658. The average molecular weight is 364 g/mol. The largest absolute Gasteiger partial charge is 0.396 e. The van der Waals surface area contributed by atoms with Gasteiger partial charge in [0.2, 0.25) is 11.8 Å². The second kappa shape index (κ2) is 9.58. The van der Waals surface area contributed by atoms with Gasteiger partial charge in [-0.1, -0.05) is 25.5 Å². The Morgan fingerprint density at radius 3 is 2.60 bits per heavy atom. The summed E-state index contributed by atoms with van der Waals surface area (Å²) in [6.45, 7) is 2.49. The first-order valence-corrected chi connectivity index (χ1v) is 9.45. The Bertz CT molecular complexity index is 618. The molecule has 2 rings (SSSR count). The standard InChI is InChI=1S/C18H24N2O4S/c1-2-3-5-13-6-8-14(9-7-13)20-17(23)15(25-18(20)24)12-16(22)19-10-4-11-21/h6-9,15,21H,2-5,10-12H2,1H3,(H,19,22). The molecule has 1 heterocycles. The van der Waals surface area contributed by atoms with Crippen molar-refractivity contribution in [1.82, 2.24) is 5.32 Å².